The van der Waals surface area contributed by atoms with Gasteiger partial charge in [0.25, 0.3) is 0 Å². The Balaban J connectivity index is 2.70. The summed E-state index contributed by atoms with van der Waals surface area (Å²) >= 11 is 3.56. The lowest BCUT2D eigenvalue weighted by Crippen LogP contribution is -2.24. The van der Waals surface area contributed by atoms with E-state index in [2.05, 4.69) is 54.9 Å². The van der Waals surface area contributed by atoms with E-state index < -0.39 is 0 Å². The Bertz CT molecular complexity index is 376. The first-order valence-corrected chi connectivity index (χ1v) is 6.72. The van der Waals surface area contributed by atoms with E-state index in [1.54, 1.807) is 7.11 Å². The van der Waals surface area contributed by atoms with Crippen molar-refractivity contribution in [3.05, 3.63) is 33.8 Å². The topological polar surface area (TPSA) is 35.2 Å². The number of ether oxygens (including phenoxy) is 1. The monoisotopic (exact) mass is 299 g/mol. The van der Waals surface area contributed by atoms with E-state index in [0.717, 1.165) is 17.3 Å². The van der Waals surface area contributed by atoms with Crippen LogP contribution in [0.2, 0.25) is 0 Å². The molecule has 0 aromatic heterocycles. The minimum Gasteiger partial charge on any atom is -0.379 e. The fourth-order valence-electron chi connectivity index (χ4n) is 1.71. The Kier molecular flexibility index (Phi) is 5.17. The number of methoxy groups -OCH3 is 1. The van der Waals surface area contributed by atoms with Gasteiger partial charge in [-0.2, -0.15) is 0 Å². The molecule has 1 rings (SSSR count). The Morgan fingerprint density at radius 2 is 2.06 bits per heavy atom. The summed E-state index contributed by atoms with van der Waals surface area (Å²) in [6, 6.07) is 6.35. The number of rotatable bonds is 5. The van der Waals surface area contributed by atoms with Gasteiger partial charge >= 0.3 is 0 Å². The van der Waals surface area contributed by atoms with Crippen molar-refractivity contribution in [2.24, 2.45) is 5.73 Å². The van der Waals surface area contributed by atoms with Crippen LogP contribution in [0.25, 0.3) is 0 Å². The third kappa shape index (κ3) is 4.41. The van der Waals surface area contributed by atoms with Gasteiger partial charge in [-0.15, -0.1) is 0 Å². The van der Waals surface area contributed by atoms with Gasteiger partial charge < -0.3 is 10.5 Å². The van der Waals surface area contributed by atoms with Crippen LogP contribution in [0.3, 0.4) is 0 Å². The predicted octanol–water partition coefficient (Wildman–Crippen LogP) is 3.96. The van der Waals surface area contributed by atoms with Crippen molar-refractivity contribution >= 4 is 15.9 Å². The molecule has 0 fully saturated rings. The second kappa shape index (κ2) is 5.98. The minimum atomic E-state index is -0.103. The van der Waals surface area contributed by atoms with Gasteiger partial charge in [0.15, 0.2) is 0 Å². The van der Waals surface area contributed by atoms with Gasteiger partial charge in [-0.25, -0.2) is 0 Å². The fraction of sp³-hybridized carbons (Fsp3) is 0.571. The number of benzene rings is 1. The zero-order valence-electron chi connectivity index (χ0n) is 11.1. The third-order valence-corrected chi connectivity index (χ3v) is 3.88. The molecule has 0 saturated heterocycles. The van der Waals surface area contributed by atoms with Crippen molar-refractivity contribution in [1.82, 2.24) is 0 Å². The average molecular weight is 300 g/mol. The number of aryl methyl sites for hydroxylation is 1. The molecule has 17 heavy (non-hydrogen) atoms. The summed E-state index contributed by atoms with van der Waals surface area (Å²) in [5.74, 6) is 0. The van der Waals surface area contributed by atoms with Crippen LogP contribution in [0.5, 0.6) is 0 Å². The summed E-state index contributed by atoms with van der Waals surface area (Å²) < 4.78 is 6.50. The van der Waals surface area contributed by atoms with Crippen LogP contribution in [0.15, 0.2) is 22.7 Å². The van der Waals surface area contributed by atoms with Crippen molar-refractivity contribution in [1.29, 1.82) is 0 Å². The molecule has 2 N–H and O–H groups in total. The van der Waals surface area contributed by atoms with Gasteiger partial charge in [-0.3, -0.25) is 0 Å². The van der Waals surface area contributed by atoms with Crippen molar-refractivity contribution in [2.45, 2.75) is 45.3 Å². The smallest absolute Gasteiger partial charge is 0.0623 e. The van der Waals surface area contributed by atoms with Crippen molar-refractivity contribution in [2.75, 3.05) is 7.11 Å². The van der Waals surface area contributed by atoms with Gasteiger partial charge in [-0.1, -0.05) is 33.6 Å². The summed E-state index contributed by atoms with van der Waals surface area (Å²) in [6.07, 6.45) is 1.87. The van der Waals surface area contributed by atoms with E-state index in [1.165, 1.54) is 11.1 Å². The molecule has 1 aromatic carbocycles. The highest BCUT2D eigenvalue weighted by atomic mass is 79.9. The van der Waals surface area contributed by atoms with E-state index in [0.29, 0.717) is 0 Å². The normalized spacial score (nSPS) is 13.8. The molecule has 0 aliphatic carbocycles. The van der Waals surface area contributed by atoms with Gasteiger partial charge in [-0.05, 0) is 45.2 Å². The summed E-state index contributed by atoms with van der Waals surface area (Å²) in [7, 11) is 1.74. The first-order chi connectivity index (χ1) is 7.85. The van der Waals surface area contributed by atoms with E-state index >= 15 is 0 Å². The highest BCUT2D eigenvalue weighted by molar-refractivity contribution is 9.10. The molecule has 0 bridgehead atoms. The minimum absolute atomic E-state index is 0.0544. The Hall–Kier alpha value is -0.380. The first kappa shape index (κ1) is 14.7. The van der Waals surface area contributed by atoms with Crippen LogP contribution in [0, 0.1) is 6.92 Å². The van der Waals surface area contributed by atoms with Gasteiger partial charge in [0.1, 0.15) is 0 Å². The zero-order valence-corrected chi connectivity index (χ0v) is 12.7. The molecule has 0 aliphatic heterocycles. The van der Waals surface area contributed by atoms with E-state index in [9.17, 15) is 0 Å². The summed E-state index contributed by atoms with van der Waals surface area (Å²) in [4.78, 5) is 0. The quantitative estimate of drug-likeness (QED) is 0.893. The van der Waals surface area contributed by atoms with Crippen molar-refractivity contribution in [3.8, 4) is 0 Å². The third-order valence-electron chi connectivity index (χ3n) is 3.16. The van der Waals surface area contributed by atoms with E-state index in [-0.39, 0.29) is 11.6 Å². The number of hydrogen-bond donors (Lipinski definition) is 1. The molecule has 0 spiro atoms. The van der Waals surface area contributed by atoms with Gasteiger partial charge in [0.2, 0.25) is 0 Å². The molecule has 96 valence electrons. The lowest BCUT2D eigenvalue weighted by molar-refractivity contribution is 0.0125. The molecule has 0 radical (unpaired) electrons. The molecule has 1 atom stereocenters. The molecular formula is C14H22BrNO. The van der Waals surface area contributed by atoms with Gasteiger partial charge in [0, 0.05) is 17.6 Å². The number of halogens is 1. The second-order valence-electron chi connectivity index (χ2n) is 5.13. The summed E-state index contributed by atoms with van der Waals surface area (Å²) in [5, 5.41) is 0. The van der Waals surface area contributed by atoms with Crippen LogP contribution in [0.4, 0.5) is 0 Å². The Morgan fingerprint density at radius 3 is 2.65 bits per heavy atom. The van der Waals surface area contributed by atoms with Crippen LogP contribution in [0.1, 0.15) is 43.9 Å². The standard InChI is InChI=1S/C14H22BrNO/c1-10-5-6-12(15)11(9-10)13(16)7-8-14(2,3)17-4/h5-6,9,13H,7-8,16H2,1-4H3. The summed E-state index contributed by atoms with van der Waals surface area (Å²) in [6.45, 7) is 6.26. The predicted molar refractivity (Wildman–Crippen MR) is 76.1 cm³/mol. The second-order valence-corrected chi connectivity index (χ2v) is 5.99. The van der Waals surface area contributed by atoms with E-state index in [1.807, 2.05) is 0 Å². The molecule has 0 amide bonds. The van der Waals surface area contributed by atoms with Crippen molar-refractivity contribution in [3.63, 3.8) is 0 Å². The highest BCUT2D eigenvalue weighted by Crippen LogP contribution is 2.28. The lowest BCUT2D eigenvalue weighted by Gasteiger charge is -2.25. The first-order valence-electron chi connectivity index (χ1n) is 5.92. The van der Waals surface area contributed by atoms with Gasteiger partial charge in [0.05, 0.1) is 5.60 Å². The Labute approximate surface area is 113 Å². The molecule has 0 heterocycles. The molecule has 1 unspecified atom stereocenters. The van der Waals surface area contributed by atoms with Crippen LogP contribution >= 0.6 is 15.9 Å². The van der Waals surface area contributed by atoms with E-state index in [4.69, 9.17) is 10.5 Å². The maximum Gasteiger partial charge on any atom is 0.0623 e. The maximum absolute atomic E-state index is 6.24. The van der Waals surface area contributed by atoms with Crippen LogP contribution in [-0.4, -0.2) is 12.7 Å². The number of nitrogens with two attached hydrogens (primary N) is 1. The SMILES string of the molecule is COC(C)(C)CCC(N)c1cc(C)ccc1Br. The zero-order chi connectivity index (χ0) is 13.1. The number of hydrogen-bond acceptors (Lipinski definition) is 2. The van der Waals surface area contributed by atoms with Crippen molar-refractivity contribution < 1.29 is 4.74 Å². The Morgan fingerprint density at radius 1 is 1.41 bits per heavy atom. The largest absolute Gasteiger partial charge is 0.379 e. The maximum atomic E-state index is 6.24. The fourth-order valence-corrected chi connectivity index (χ4v) is 2.25. The molecule has 3 heteroatoms. The van der Waals surface area contributed by atoms with Crippen LogP contribution < -0.4 is 5.73 Å². The highest BCUT2D eigenvalue weighted by Gasteiger charge is 2.19. The molecular weight excluding hydrogens is 278 g/mol. The molecule has 1 aromatic rings. The molecule has 2 nitrogen and oxygen atoms in total. The lowest BCUT2D eigenvalue weighted by atomic mass is 9.95. The molecule has 0 saturated carbocycles. The average Bonchev–Trinajstić information content (AvgIpc) is 2.29. The molecule has 0 aliphatic rings. The van der Waals surface area contributed by atoms with Crippen LogP contribution in [-0.2, 0) is 4.74 Å². The summed E-state index contributed by atoms with van der Waals surface area (Å²) in [5.41, 5.74) is 8.56.